The van der Waals surface area contributed by atoms with Crippen LogP contribution in [0.5, 0.6) is 0 Å². The van der Waals surface area contributed by atoms with Gasteiger partial charge in [0.15, 0.2) is 0 Å². The van der Waals surface area contributed by atoms with E-state index < -0.39 is 27.0 Å². The van der Waals surface area contributed by atoms with Gasteiger partial charge in [-0.2, -0.15) is 0 Å². The topological polar surface area (TPSA) is 0 Å². The van der Waals surface area contributed by atoms with Crippen LogP contribution in [0, 0.1) is 0 Å². The van der Waals surface area contributed by atoms with Crippen LogP contribution in [0.3, 0.4) is 0 Å². The molecule has 0 fully saturated rings. The van der Waals surface area contributed by atoms with Crippen LogP contribution in [-0.2, 0) is 10.8 Å². The summed E-state index contributed by atoms with van der Waals surface area (Å²) in [7, 11) is -4.43. The van der Waals surface area contributed by atoms with E-state index in [1.54, 1.807) is 20.8 Å². The smallest absolute Gasteiger partial charge is 0.0623 e. The first-order chi connectivity index (χ1) is 26.3. The zero-order valence-corrected chi connectivity index (χ0v) is 33.3. The molecule has 54 heavy (non-hydrogen) atoms. The lowest BCUT2D eigenvalue weighted by Gasteiger charge is -2.38. The molecule has 0 saturated carbocycles. The normalized spacial score (nSPS) is 18.4. The van der Waals surface area contributed by atoms with E-state index in [0.29, 0.717) is 0 Å². The first-order valence-corrected chi connectivity index (χ1v) is 25.5. The summed E-state index contributed by atoms with van der Waals surface area (Å²) in [6.07, 6.45) is 0. The third-order valence-electron chi connectivity index (χ3n) is 13.6. The molecule has 0 N–H and O–H groups in total. The molecule has 2 heterocycles. The van der Waals surface area contributed by atoms with Crippen LogP contribution in [0.2, 0.25) is 26.2 Å². The molecular formula is C52H42Si2. The Kier molecular flexibility index (Phi) is 6.51. The Morgan fingerprint density at radius 2 is 0.704 bits per heavy atom. The third kappa shape index (κ3) is 3.73. The van der Waals surface area contributed by atoms with Gasteiger partial charge < -0.3 is 0 Å². The zero-order chi connectivity index (χ0) is 36.5. The van der Waals surface area contributed by atoms with Crippen molar-refractivity contribution in [2.45, 2.75) is 37.0 Å². The van der Waals surface area contributed by atoms with Crippen molar-refractivity contribution in [3.63, 3.8) is 0 Å². The molecule has 0 atom stereocenters. The van der Waals surface area contributed by atoms with Crippen molar-refractivity contribution in [2.75, 3.05) is 0 Å². The molecule has 2 aliphatic carbocycles. The van der Waals surface area contributed by atoms with E-state index in [-0.39, 0.29) is 0 Å². The third-order valence-corrected chi connectivity index (χ3v) is 20.7. The molecule has 0 aromatic heterocycles. The number of hydrogen-bond donors (Lipinski definition) is 0. The second kappa shape index (κ2) is 11.0. The minimum absolute atomic E-state index is 0.421. The van der Waals surface area contributed by atoms with Crippen LogP contribution in [0.4, 0.5) is 0 Å². The van der Waals surface area contributed by atoms with E-state index in [9.17, 15) is 0 Å². The lowest BCUT2D eigenvalue weighted by molar-refractivity contribution is 0.810. The van der Waals surface area contributed by atoms with Gasteiger partial charge in [0, 0.05) is 0 Å². The maximum atomic E-state index is 2.74. The molecule has 0 bridgehead atoms. The summed E-state index contributed by atoms with van der Waals surface area (Å²) in [5, 5.41) is 6.35. The van der Waals surface area contributed by atoms with Crippen molar-refractivity contribution < 1.29 is 0 Å². The summed E-state index contributed by atoms with van der Waals surface area (Å²) in [5.74, 6) is 0. The molecule has 0 saturated heterocycles. The van der Waals surface area contributed by atoms with E-state index in [2.05, 4.69) is 208 Å². The average Bonchev–Trinajstić information content (AvgIpc) is 3.86. The highest BCUT2D eigenvalue weighted by molar-refractivity contribution is 7.09. The van der Waals surface area contributed by atoms with Crippen molar-refractivity contribution >= 4 is 48.1 Å². The summed E-state index contributed by atoms with van der Waals surface area (Å²) in [6, 6.07) is 69.9. The van der Waals surface area contributed by atoms with Crippen molar-refractivity contribution in [2.24, 2.45) is 0 Å². The minimum atomic E-state index is -2.28. The monoisotopic (exact) mass is 722 g/mol. The van der Waals surface area contributed by atoms with Crippen molar-refractivity contribution in [1.82, 2.24) is 0 Å². The van der Waals surface area contributed by atoms with Gasteiger partial charge >= 0.3 is 0 Å². The highest BCUT2D eigenvalue weighted by atomic mass is 28.3. The molecule has 2 aliphatic heterocycles. The SMILES string of the molecule is C[Si]1(C)C2=C(c3ccccc31)C(c1ccccc1)(c1ccccc1)c1cc3c(cc12)C1=C(c2ccccc2C1(c1ccccc1)c1ccccc1)[Si]3(C)C. The molecule has 0 unspecified atom stereocenters. The first-order valence-electron chi connectivity index (χ1n) is 19.5. The van der Waals surface area contributed by atoms with Gasteiger partial charge in [-0.15, -0.1) is 0 Å². The van der Waals surface area contributed by atoms with E-state index in [1.807, 2.05) is 0 Å². The predicted octanol–water partition coefficient (Wildman–Crippen LogP) is 11.1. The molecule has 0 nitrogen and oxygen atoms in total. The summed E-state index contributed by atoms with van der Waals surface area (Å²) >= 11 is 0. The molecule has 2 heteroatoms. The van der Waals surface area contributed by atoms with Crippen LogP contribution >= 0.6 is 0 Å². The molecule has 7 aromatic carbocycles. The standard InChI is InChI=1S/C52H42Si2/c1-53(2)45-32-20-18-30-40(45)47-50(53)41-33-42-46(34-44(41)52(47,37-25-13-7-14-26-37)38-27-15-8-16-28-38)54(3,4)49-39-29-17-19-31-43(39)51(48(42)49,35-21-9-5-10-22-35)36-23-11-6-12-24-36/h5-34H,1-4H3. The molecule has 4 aliphatic rings. The fourth-order valence-electron chi connectivity index (χ4n) is 11.6. The van der Waals surface area contributed by atoms with Crippen molar-refractivity contribution in [3.8, 4) is 0 Å². The fraction of sp³-hybridized carbons (Fsp3) is 0.115. The van der Waals surface area contributed by atoms with Crippen LogP contribution in [-0.4, -0.2) is 16.1 Å². The number of benzene rings is 7. The highest BCUT2D eigenvalue weighted by Gasteiger charge is 2.60. The number of fused-ring (bicyclic) bond motifs is 8. The lowest BCUT2D eigenvalue weighted by Crippen LogP contribution is -2.44. The lowest BCUT2D eigenvalue weighted by atomic mass is 9.64. The van der Waals surface area contributed by atoms with Crippen LogP contribution in [0.25, 0.3) is 21.5 Å². The second-order valence-corrected chi connectivity index (χ2v) is 25.3. The maximum Gasteiger partial charge on any atom is 0.114 e. The maximum absolute atomic E-state index is 2.74. The second-order valence-electron chi connectivity index (χ2n) is 16.7. The van der Waals surface area contributed by atoms with Crippen LogP contribution in [0.15, 0.2) is 182 Å². The Labute approximate surface area is 321 Å². The molecule has 0 radical (unpaired) electrons. The van der Waals surface area contributed by atoms with Gasteiger partial charge in [0.1, 0.15) is 16.1 Å². The van der Waals surface area contributed by atoms with Crippen LogP contribution in [0.1, 0.15) is 55.6 Å². The van der Waals surface area contributed by atoms with E-state index in [4.69, 9.17) is 0 Å². The van der Waals surface area contributed by atoms with Gasteiger partial charge in [0.2, 0.25) is 0 Å². The number of rotatable bonds is 4. The fourth-order valence-corrected chi connectivity index (χ4v) is 18.5. The minimum Gasteiger partial charge on any atom is -0.0623 e. The van der Waals surface area contributed by atoms with E-state index >= 15 is 0 Å². The Balaban J connectivity index is 1.31. The summed E-state index contributed by atoms with van der Waals surface area (Å²) < 4.78 is 0. The first kappa shape index (κ1) is 31.9. The van der Waals surface area contributed by atoms with Gasteiger partial charge in [-0.3, -0.25) is 0 Å². The average molecular weight is 723 g/mol. The summed E-state index contributed by atoms with van der Waals surface area (Å²) in [4.78, 5) is 0. The van der Waals surface area contributed by atoms with Gasteiger partial charge in [0.05, 0.1) is 10.8 Å². The Bertz CT molecular complexity index is 2660. The van der Waals surface area contributed by atoms with Gasteiger partial charge in [0.25, 0.3) is 0 Å². The van der Waals surface area contributed by atoms with Crippen molar-refractivity contribution in [1.29, 1.82) is 0 Å². The quantitative estimate of drug-likeness (QED) is 0.159. The van der Waals surface area contributed by atoms with Crippen molar-refractivity contribution in [3.05, 3.63) is 238 Å². The van der Waals surface area contributed by atoms with Crippen LogP contribution < -0.4 is 10.4 Å². The Morgan fingerprint density at radius 1 is 0.315 bits per heavy atom. The number of allylic oxidation sites excluding steroid dienone is 2. The number of hydrogen-bond acceptors (Lipinski definition) is 0. The molecule has 11 rings (SSSR count). The summed E-state index contributed by atoms with van der Waals surface area (Å²) in [6.45, 7) is 10.5. The molecule has 7 aromatic rings. The van der Waals surface area contributed by atoms with Gasteiger partial charge in [-0.1, -0.05) is 202 Å². The predicted molar refractivity (Wildman–Crippen MR) is 233 cm³/mol. The Hall–Kier alpha value is -5.55. The Morgan fingerprint density at radius 3 is 1.24 bits per heavy atom. The largest absolute Gasteiger partial charge is 0.114 e. The van der Waals surface area contributed by atoms with Gasteiger partial charge in [-0.05, 0) is 93.6 Å². The highest BCUT2D eigenvalue weighted by Crippen LogP contribution is 2.66. The van der Waals surface area contributed by atoms with E-state index in [1.165, 1.54) is 66.8 Å². The zero-order valence-electron chi connectivity index (χ0n) is 31.3. The molecule has 0 amide bonds. The van der Waals surface area contributed by atoms with Gasteiger partial charge in [-0.25, -0.2) is 0 Å². The molecule has 0 spiro atoms. The van der Waals surface area contributed by atoms with E-state index in [0.717, 1.165) is 0 Å². The summed E-state index contributed by atoms with van der Waals surface area (Å²) in [5.41, 5.74) is 16.3. The molecular weight excluding hydrogens is 681 g/mol. The molecule has 258 valence electrons.